The second-order valence-corrected chi connectivity index (χ2v) is 1.56. The van der Waals surface area contributed by atoms with Crippen molar-refractivity contribution >= 4 is 12.4 Å². The summed E-state index contributed by atoms with van der Waals surface area (Å²) in [4.78, 5) is 20.2. The molecule has 0 aromatic carbocycles. The number of ether oxygens (including phenoxy) is 1. The van der Waals surface area contributed by atoms with E-state index in [9.17, 15) is 9.59 Å². The lowest BCUT2D eigenvalue weighted by molar-refractivity contribution is -0.109. The number of carbonyl (C=O) groups excluding carboxylic acids is 2. The van der Waals surface area contributed by atoms with E-state index in [0.29, 0.717) is 6.29 Å². The number of alkyl carbamates (subject to hydrolysis) is 1. The number of hydrogen-bond acceptors (Lipinski definition) is 4. The predicted octanol–water partition coefficient (Wildman–Crippen LogP) is -0.462. The van der Waals surface area contributed by atoms with Crippen molar-refractivity contribution in [3.8, 4) is 0 Å². The monoisotopic (exact) mass is 163 g/mol. The van der Waals surface area contributed by atoms with Gasteiger partial charge in [0.1, 0.15) is 6.29 Å². The summed E-state index contributed by atoms with van der Waals surface area (Å²) in [5.41, 5.74) is 0. The van der Waals surface area contributed by atoms with Crippen molar-refractivity contribution in [2.24, 2.45) is 0 Å². The van der Waals surface area contributed by atoms with Crippen LogP contribution < -0.4 is 5.32 Å². The van der Waals surface area contributed by atoms with Gasteiger partial charge in [-0.15, -0.1) is 0 Å². The van der Waals surface area contributed by atoms with Gasteiger partial charge < -0.3 is 20.0 Å². The summed E-state index contributed by atoms with van der Waals surface area (Å²) < 4.78 is 4.21. The minimum absolute atomic E-state index is 0.475. The lowest BCUT2D eigenvalue weighted by atomic mass is 10.4. The van der Waals surface area contributed by atoms with Gasteiger partial charge in [-0.3, -0.25) is 0 Å². The molecule has 0 bridgehead atoms. The highest BCUT2D eigenvalue weighted by molar-refractivity contribution is 5.72. The molecule has 0 aliphatic carbocycles. The van der Waals surface area contributed by atoms with E-state index in [-0.39, 0.29) is 0 Å². The first-order chi connectivity index (χ1) is 5.20. The van der Waals surface area contributed by atoms with Crippen molar-refractivity contribution < 1.29 is 19.4 Å². The van der Waals surface area contributed by atoms with Gasteiger partial charge in [0.2, 0.25) is 0 Å². The molecular weight excluding hydrogens is 150 g/mol. The van der Waals surface area contributed by atoms with Gasteiger partial charge in [-0.2, -0.15) is 0 Å². The lowest BCUT2D eigenvalue weighted by Gasteiger charge is -2.03. The molecule has 0 aliphatic rings. The van der Waals surface area contributed by atoms with Crippen LogP contribution in [0.4, 0.5) is 4.79 Å². The van der Waals surface area contributed by atoms with Crippen LogP contribution in [0.15, 0.2) is 0 Å². The number of amides is 1. The minimum atomic E-state index is -0.588. The standard InChI is InChI=1S/C5H9NO3.CH4O/c1-4(3-7)6-5(8)9-2;1-2/h3-4H,1-2H3,(H,6,8);2H,1H3/t4-;/m0./s1. The van der Waals surface area contributed by atoms with E-state index in [4.69, 9.17) is 5.11 Å². The molecule has 1 atom stereocenters. The molecule has 66 valence electrons. The van der Waals surface area contributed by atoms with Gasteiger partial charge in [-0.05, 0) is 6.92 Å². The quantitative estimate of drug-likeness (QED) is 0.540. The van der Waals surface area contributed by atoms with Gasteiger partial charge in [0.25, 0.3) is 0 Å². The number of aliphatic hydroxyl groups is 1. The van der Waals surface area contributed by atoms with E-state index < -0.39 is 12.1 Å². The van der Waals surface area contributed by atoms with Gasteiger partial charge in [-0.1, -0.05) is 0 Å². The van der Waals surface area contributed by atoms with Crippen molar-refractivity contribution in [2.45, 2.75) is 13.0 Å². The van der Waals surface area contributed by atoms with Gasteiger partial charge >= 0.3 is 6.09 Å². The molecule has 0 spiro atoms. The fourth-order valence-electron chi connectivity index (χ4n) is 0.279. The van der Waals surface area contributed by atoms with Crippen molar-refractivity contribution in [1.82, 2.24) is 5.32 Å². The number of nitrogens with one attached hydrogen (secondary N) is 1. The van der Waals surface area contributed by atoms with Crippen LogP contribution in [0.5, 0.6) is 0 Å². The smallest absolute Gasteiger partial charge is 0.407 e. The molecule has 2 N–H and O–H groups in total. The molecule has 0 unspecified atom stereocenters. The zero-order valence-corrected chi connectivity index (χ0v) is 6.83. The summed E-state index contributed by atoms with van der Waals surface area (Å²) in [5.74, 6) is 0. The van der Waals surface area contributed by atoms with Gasteiger partial charge in [0, 0.05) is 7.11 Å². The fraction of sp³-hybridized carbons (Fsp3) is 0.667. The van der Waals surface area contributed by atoms with Gasteiger partial charge in [0.05, 0.1) is 13.2 Å². The Balaban J connectivity index is 0. The Morgan fingerprint density at radius 1 is 1.64 bits per heavy atom. The molecule has 5 nitrogen and oxygen atoms in total. The van der Waals surface area contributed by atoms with Crippen LogP contribution in [0.1, 0.15) is 6.92 Å². The third-order valence-corrected chi connectivity index (χ3v) is 0.735. The van der Waals surface area contributed by atoms with Crippen LogP contribution in [-0.2, 0) is 9.53 Å². The van der Waals surface area contributed by atoms with Gasteiger partial charge in [-0.25, -0.2) is 4.79 Å². The van der Waals surface area contributed by atoms with Crippen LogP contribution in [0.25, 0.3) is 0 Å². The molecule has 0 rings (SSSR count). The van der Waals surface area contributed by atoms with Crippen LogP contribution in [0.3, 0.4) is 0 Å². The Hall–Kier alpha value is -1.10. The summed E-state index contributed by atoms with van der Waals surface area (Å²) in [6.45, 7) is 1.56. The highest BCUT2D eigenvalue weighted by atomic mass is 16.5. The van der Waals surface area contributed by atoms with E-state index in [1.165, 1.54) is 7.11 Å². The number of rotatable bonds is 2. The van der Waals surface area contributed by atoms with Crippen LogP contribution in [0.2, 0.25) is 0 Å². The molecular formula is C6H13NO4. The summed E-state index contributed by atoms with van der Waals surface area (Å²) in [6.07, 6.45) is 0.0336. The average molecular weight is 163 g/mol. The van der Waals surface area contributed by atoms with Gasteiger partial charge in [0.15, 0.2) is 0 Å². The lowest BCUT2D eigenvalue weighted by Crippen LogP contribution is -2.33. The van der Waals surface area contributed by atoms with Crippen LogP contribution in [-0.4, -0.2) is 37.7 Å². The zero-order chi connectivity index (χ0) is 9.28. The Kier molecular flexibility index (Phi) is 10.2. The first-order valence-electron chi connectivity index (χ1n) is 2.95. The number of aldehydes is 1. The molecule has 0 aliphatic heterocycles. The van der Waals surface area contributed by atoms with Crippen molar-refractivity contribution in [3.05, 3.63) is 0 Å². The summed E-state index contributed by atoms with van der Waals surface area (Å²) in [7, 11) is 2.24. The molecule has 5 heteroatoms. The predicted molar refractivity (Wildman–Crippen MR) is 39.2 cm³/mol. The Bertz CT molecular complexity index is 115. The second kappa shape index (κ2) is 8.90. The number of hydrogen-bond donors (Lipinski definition) is 2. The van der Waals surface area contributed by atoms with Crippen molar-refractivity contribution in [2.75, 3.05) is 14.2 Å². The number of carbonyl (C=O) groups is 2. The highest BCUT2D eigenvalue weighted by Crippen LogP contribution is 1.75. The van der Waals surface area contributed by atoms with Crippen LogP contribution >= 0.6 is 0 Å². The Morgan fingerprint density at radius 2 is 2.09 bits per heavy atom. The highest BCUT2D eigenvalue weighted by Gasteiger charge is 2.02. The normalized spacial score (nSPS) is 10.2. The molecule has 1 amide bonds. The number of methoxy groups -OCH3 is 1. The first-order valence-corrected chi connectivity index (χ1v) is 2.95. The van der Waals surface area contributed by atoms with E-state index >= 15 is 0 Å². The summed E-state index contributed by atoms with van der Waals surface area (Å²) in [6, 6.07) is -0.475. The fourth-order valence-corrected chi connectivity index (χ4v) is 0.279. The zero-order valence-electron chi connectivity index (χ0n) is 6.83. The minimum Gasteiger partial charge on any atom is -0.453 e. The maximum absolute atomic E-state index is 10.3. The average Bonchev–Trinajstić information content (AvgIpc) is 2.07. The first kappa shape index (κ1) is 12.6. The molecule has 0 radical (unpaired) electrons. The molecule has 0 saturated heterocycles. The molecule has 0 fully saturated rings. The number of aliphatic hydroxyl groups excluding tert-OH is 1. The topological polar surface area (TPSA) is 75.6 Å². The maximum atomic E-state index is 10.3. The molecule has 0 aromatic heterocycles. The SMILES string of the molecule is CO.COC(=O)N[C@@H](C)C=O. The molecule has 0 aromatic rings. The molecule has 0 heterocycles. The van der Waals surface area contributed by atoms with E-state index in [1.807, 2.05) is 0 Å². The summed E-state index contributed by atoms with van der Waals surface area (Å²) >= 11 is 0. The molecule has 11 heavy (non-hydrogen) atoms. The third kappa shape index (κ3) is 8.90. The third-order valence-electron chi connectivity index (χ3n) is 0.735. The van der Waals surface area contributed by atoms with E-state index in [1.54, 1.807) is 6.92 Å². The van der Waals surface area contributed by atoms with Crippen LogP contribution in [0, 0.1) is 0 Å². The molecule has 0 saturated carbocycles. The summed E-state index contributed by atoms with van der Waals surface area (Å²) in [5, 5.41) is 9.25. The Morgan fingerprint density at radius 3 is 2.36 bits per heavy atom. The van der Waals surface area contributed by atoms with Crippen molar-refractivity contribution in [3.63, 3.8) is 0 Å². The van der Waals surface area contributed by atoms with E-state index in [0.717, 1.165) is 7.11 Å². The Labute approximate surface area is 65.4 Å². The van der Waals surface area contributed by atoms with E-state index in [2.05, 4.69) is 10.1 Å². The second-order valence-electron chi connectivity index (χ2n) is 1.56. The van der Waals surface area contributed by atoms with Crippen molar-refractivity contribution in [1.29, 1.82) is 0 Å². The maximum Gasteiger partial charge on any atom is 0.407 e. The largest absolute Gasteiger partial charge is 0.453 e.